The van der Waals surface area contributed by atoms with Gasteiger partial charge in [0.15, 0.2) is 0 Å². The van der Waals surface area contributed by atoms with E-state index in [4.69, 9.17) is 26.1 Å². The molecule has 12 heavy (non-hydrogen) atoms. The van der Waals surface area contributed by atoms with Crippen molar-refractivity contribution in [1.29, 1.82) is 0 Å². The summed E-state index contributed by atoms with van der Waals surface area (Å²) in [7, 11) is -5.64. The fourth-order valence-corrected chi connectivity index (χ4v) is 0.201. The third-order valence-electron chi connectivity index (χ3n) is 0.564. The zero-order valence-corrected chi connectivity index (χ0v) is 6.92. The number of halogens is 2. The molecule has 0 bridgehead atoms. The van der Waals surface area contributed by atoms with Crippen molar-refractivity contribution in [1.82, 2.24) is 0 Å². The van der Waals surface area contributed by atoms with Crippen LogP contribution in [0.2, 0.25) is 0 Å². The second kappa shape index (κ2) is 7.19. The Kier molecular flexibility index (Phi) is 8.44. The second-order valence-corrected chi connectivity index (χ2v) is 2.55. The van der Waals surface area contributed by atoms with Gasteiger partial charge in [-0.15, -0.1) is 20.7 Å². The van der Waals surface area contributed by atoms with Gasteiger partial charge in [0, 0.05) is 6.42 Å². The summed E-state index contributed by atoms with van der Waals surface area (Å²) in [6.45, 7) is -0.246. The van der Waals surface area contributed by atoms with Gasteiger partial charge in [0.2, 0.25) is 0 Å². The summed E-state index contributed by atoms with van der Waals surface area (Å²) in [5, 5.41) is 16.6. The highest BCUT2D eigenvalue weighted by Gasteiger charge is 2.09. The topological polar surface area (TPSA) is 77.8 Å². The lowest BCUT2D eigenvalue weighted by atomic mass is 10.3. The molecule has 0 fully saturated rings. The van der Waals surface area contributed by atoms with Crippen LogP contribution in [0.1, 0.15) is 6.42 Å². The van der Waals surface area contributed by atoms with E-state index in [9.17, 15) is 8.39 Å². The standard InChI is InChI=1S/C5H8O2.F2HO2P/c1-2-3-5(7)4-6;1-5(2,3)4/h1,5-7H,3-4H2;(H,3,4). The van der Waals surface area contributed by atoms with Crippen molar-refractivity contribution >= 4 is 7.99 Å². The molecule has 0 aromatic rings. The average molecular weight is 202 g/mol. The SMILES string of the molecule is C#CCC(O)CO.O=P(O)(F)F. The summed E-state index contributed by atoms with van der Waals surface area (Å²) in [4.78, 5) is 6.74. The molecule has 1 unspecified atom stereocenters. The Hall–Kier alpha value is -0.470. The zero-order chi connectivity index (χ0) is 10.2. The highest BCUT2D eigenvalue weighted by Crippen LogP contribution is 2.43. The summed E-state index contributed by atoms with van der Waals surface area (Å²) in [6, 6.07) is 0. The van der Waals surface area contributed by atoms with Crippen LogP contribution >= 0.6 is 7.99 Å². The monoisotopic (exact) mass is 202 g/mol. The molecule has 7 heteroatoms. The summed E-state index contributed by atoms with van der Waals surface area (Å²) in [5.41, 5.74) is 0. The van der Waals surface area contributed by atoms with Gasteiger partial charge in [-0.3, -0.25) is 4.89 Å². The maximum atomic E-state index is 10.1. The first-order valence-corrected chi connectivity index (χ1v) is 4.20. The zero-order valence-electron chi connectivity index (χ0n) is 6.02. The molecule has 3 N–H and O–H groups in total. The number of aliphatic hydroxyl groups excluding tert-OH is 2. The summed E-state index contributed by atoms with van der Waals surface area (Å²) >= 11 is 0. The minimum Gasteiger partial charge on any atom is -0.394 e. The van der Waals surface area contributed by atoms with E-state index >= 15 is 0 Å². The Morgan fingerprint density at radius 3 is 2.00 bits per heavy atom. The second-order valence-electron chi connectivity index (χ2n) is 1.68. The van der Waals surface area contributed by atoms with Crippen molar-refractivity contribution in [3.63, 3.8) is 0 Å². The molecule has 1 atom stereocenters. The van der Waals surface area contributed by atoms with Crippen LogP contribution < -0.4 is 0 Å². The molecule has 0 saturated carbocycles. The van der Waals surface area contributed by atoms with E-state index < -0.39 is 14.1 Å². The molecule has 0 spiro atoms. The minimum atomic E-state index is -5.64. The number of rotatable bonds is 2. The Morgan fingerprint density at radius 1 is 1.58 bits per heavy atom. The van der Waals surface area contributed by atoms with E-state index in [1.165, 1.54) is 0 Å². The molecule has 0 saturated heterocycles. The van der Waals surface area contributed by atoms with E-state index in [1.807, 2.05) is 0 Å². The number of aliphatic hydroxyl groups is 2. The average Bonchev–Trinajstić information content (AvgIpc) is 1.85. The summed E-state index contributed by atoms with van der Waals surface area (Å²) < 4.78 is 28.7. The van der Waals surface area contributed by atoms with Crippen molar-refractivity contribution in [3.05, 3.63) is 0 Å². The lowest BCUT2D eigenvalue weighted by Gasteiger charge is -1.97. The molecule has 0 heterocycles. The van der Waals surface area contributed by atoms with Crippen molar-refractivity contribution in [2.75, 3.05) is 6.61 Å². The van der Waals surface area contributed by atoms with Gasteiger partial charge < -0.3 is 10.2 Å². The highest BCUT2D eigenvalue weighted by atomic mass is 31.2. The Morgan fingerprint density at radius 2 is 1.92 bits per heavy atom. The van der Waals surface area contributed by atoms with Gasteiger partial charge in [-0.1, -0.05) is 0 Å². The molecule has 0 aromatic carbocycles. The predicted octanol–water partition coefficient (Wildman–Crippen LogP) is 0.389. The van der Waals surface area contributed by atoms with Crippen molar-refractivity contribution in [2.45, 2.75) is 12.5 Å². The molecule has 0 amide bonds. The van der Waals surface area contributed by atoms with Crippen LogP contribution in [0, 0.1) is 12.3 Å². The van der Waals surface area contributed by atoms with Gasteiger partial charge in [-0.25, -0.2) is 4.57 Å². The minimum absolute atomic E-state index is 0.233. The maximum absolute atomic E-state index is 10.1. The van der Waals surface area contributed by atoms with Gasteiger partial charge >= 0.3 is 7.99 Å². The summed E-state index contributed by atoms with van der Waals surface area (Å²) in [5.74, 6) is 2.21. The molecule has 72 valence electrons. The van der Waals surface area contributed by atoms with Crippen molar-refractivity contribution < 1.29 is 28.1 Å². The third kappa shape index (κ3) is 33.8. The molecule has 0 aromatic heterocycles. The summed E-state index contributed by atoms with van der Waals surface area (Å²) in [6.07, 6.45) is 4.29. The third-order valence-corrected chi connectivity index (χ3v) is 0.564. The molecular weight excluding hydrogens is 193 g/mol. The fraction of sp³-hybridized carbons (Fsp3) is 0.600. The number of terminal acetylenes is 1. The first kappa shape index (κ1) is 14.1. The highest BCUT2D eigenvalue weighted by molar-refractivity contribution is 7.46. The Bertz CT molecular complexity index is 176. The van der Waals surface area contributed by atoms with Crippen molar-refractivity contribution in [3.8, 4) is 12.3 Å². The van der Waals surface area contributed by atoms with Gasteiger partial charge in [-0.2, -0.15) is 0 Å². The van der Waals surface area contributed by atoms with Gasteiger partial charge in [-0.05, 0) is 0 Å². The molecule has 0 aliphatic heterocycles. The molecule has 4 nitrogen and oxygen atoms in total. The molecule has 0 aliphatic carbocycles. The largest absolute Gasteiger partial charge is 0.549 e. The maximum Gasteiger partial charge on any atom is 0.549 e. The lowest BCUT2D eigenvalue weighted by Crippen LogP contribution is -2.09. The van der Waals surface area contributed by atoms with Gasteiger partial charge in [0.25, 0.3) is 0 Å². The van der Waals surface area contributed by atoms with E-state index in [-0.39, 0.29) is 13.0 Å². The van der Waals surface area contributed by atoms with Gasteiger partial charge in [0.05, 0.1) is 12.7 Å². The van der Waals surface area contributed by atoms with Crippen LogP contribution in [0.4, 0.5) is 8.39 Å². The first-order chi connectivity index (χ1) is 5.31. The van der Waals surface area contributed by atoms with E-state index in [0.29, 0.717) is 0 Å². The van der Waals surface area contributed by atoms with Crippen LogP contribution in [-0.4, -0.2) is 27.8 Å². The molecule has 0 rings (SSSR count). The molecule has 0 radical (unpaired) electrons. The van der Waals surface area contributed by atoms with E-state index in [2.05, 4.69) is 5.92 Å². The Balaban J connectivity index is 0. The molecule has 0 aliphatic rings. The van der Waals surface area contributed by atoms with Gasteiger partial charge in [0.1, 0.15) is 0 Å². The predicted molar refractivity (Wildman–Crippen MR) is 38.6 cm³/mol. The quantitative estimate of drug-likeness (QED) is 0.447. The van der Waals surface area contributed by atoms with Crippen LogP contribution in [0.25, 0.3) is 0 Å². The smallest absolute Gasteiger partial charge is 0.394 e. The Labute approximate surface area is 68.5 Å². The van der Waals surface area contributed by atoms with Crippen LogP contribution in [0.5, 0.6) is 0 Å². The first-order valence-electron chi connectivity index (χ1n) is 2.75. The van der Waals surface area contributed by atoms with Crippen LogP contribution in [-0.2, 0) is 4.57 Å². The van der Waals surface area contributed by atoms with Crippen molar-refractivity contribution in [2.24, 2.45) is 0 Å². The normalized spacial score (nSPS) is 12.3. The van der Waals surface area contributed by atoms with E-state index in [1.54, 1.807) is 0 Å². The number of hydrogen-bond donors (Lipinski definition) is 3. The lowest BCUT2D eigenvalue weighted by molar-refractivity contribution is 0.0993. The van der Waals surface area contributed by atoms with Crippen LogP contribution in [0.3, 0.4) is 0 Å². The number of hydrogen-bond acceptors (Lipinski definition) is 3. The fourth-order valence-electron chi connectivity index (χ4n) is 0.201. The van der Waals surface area contributed by atoms with E-state index in [0.717, 1.165) is 0 Å². The van der Waals surface area contributed by atoms with Crippen LogP contribution in [0.15, 0.2) is 0 Å². The molecular formula is C5H9F2O4P.